The van der Waals surface area contributed by atoms with E-state index in [4.69, 9.17) is 32.7 Å². The van der Waals surface area contributed by atoms with Gasteiger partial charge in [-0.2, -0.15) is 0 Å². The molecule has 0 spiro atoms. The van der Waals surface area contributed by atoms with Crippen molar-refractivity contribution >= 4 is 47.3 Å². The van der Waals surface area contributed by atoms with Gasteiger partial charge >= 0.3 is 18.2 Å². The number of likely N-dealkylation sites (tertiary alicyclic amines) is 1. The molecule has 1 N–H and O–H groups in total. The lowest BCUT2D eigenvalue weighted by molar-refractivity contribution is -0.161. The fraction of sp³-hybridized carbons (Fsp3) is 0.529. The van der Waals surface area contributed by atoms with E-state index >= 15 is 0 Å². The summed E-state index contributed by atoms with van der Waals surface area (Å²) in [5.41, 5.74) is -1.55. The average molecular weight is 664 g/mol. The van der Waals surface area contributed by atoms with Crippen molar-refractivity contribution < 1.29 is 33.8 Å². The highest BCUT2D eigenvalue weighted by Gasteiger charge is 2.53. The molecule has 4 atom stereocenters. The molecule has 1 saturated heterocycles. The van der Waals surface area contributed by atoms with Crippen molar-refractivity contribution in [2.75, 3.05) is 6.54 Å². The van der Waals surface area contributed by atoms with Crippen LogP contribution in [0.2, 0.25) is 10.0 Å². The first-order chi connectivity index (χ1) is 20.7. The summed E-state index contributed by atoms with van der Waals surface area (Å²) < 4.78 is 11.2. The molecule has 1 unspecified atom stereocenters. The zero-order chi connectivity index (χ0) is 33.9. The number of halogens is 2. The van der Waals surface area contributed by atoms with Gasteiger partial charge in [-0.1, -0.05) is 61.3 Å². The molecule has 1 aliphatic heterocycles. The number of rotatable bonds is 8. The number of amides is 3. The fourth-order valence-corrected chi connectivity index (χ4v) is 6.09. The van der Waals surface area contributed by atoms with Crippen LogP contribution < -0.4 is 0 Å². The summed E-state index contributed by atoms with van der Waals surface area (Å²) in [4.78, 5) is 56.2. The van der Waals surface area contributed by atoms with Crippen LogP contribution in [0.4, 0.5) is 9.59 Å². The minimum atomic E-state index is -1.31. The highest BCUT2D eigenvalue weighted by atomic mass is 35.5. The largest absolute Gasteiger partial charge is 0.481 e. The molecule has 0 bridgehead atoms. The smallest absolute Gasteiger partial charge is 0.419 e. The number of aliphatic carboxylic acids is 1. The van der Waals surface area contributed by atoms with Gasteiger partial charge in [0.15, 0.2) is 0 Å². The summed E-state index contributed by atoms with van der Waals surface area (Å²) in [5, 5.41) is 10.9. The Bertz CT molecular complexity index is 1370. The van der Waals surface area contributed by atoms with Crippen LogP contribution in [0.5, 0.6) is 0 Å². The Hall–Kier alpha value is -3.30. The third kappa shape index (κ3) is 9.36. The van der Waals surface area contributed by atoms with Crippen LogP contribution in [-0.2, 0) is 19.1 Å². The summed E-state index contributed by atoms with van der Waals surface area (Å²) >= 11 is 12.7. The molecular weight excluding hydrogens is 619 g/mol. The SMILES string of the molecule is CCC(CN(C(=O)OC(C)(C)C)C(=O)OC(C)(C)C)N1C(=O)[C@@](C)(CC(=O)O)C[C@H](c2cccc(Cl)c2)[C@H]1c1ccc(Cl)cc1. The van der Waals surface area contributed by atoms with Gasteiger partial charge in [0, 0.05) is 16.0 Å². The molecule has 0 radical (unpaired) electrons. The lowest BCUT2D eigenvalue weighted by atomic mass is 9.67. The molecule has 11 heteroatoms. The predicted molar refractivity (Wildman–Crippen MR) is 173 cm³/mol. The van der Waals surface area contributed by atoms with E-state index in [-0.39, 0.29) is 13.0 Å². The van der Waals surface area contributed by atoms with Gasteiger partial charge in [0.05, 0.1) is 30.5 Å². The predicted octanol–water partition coefficient (Wildman–Crippen LogP) is 8.48. The van der Waals surface area contributed by atoms with Gasteiger partial charge in [0.25, 0.3) is 0 Å². The first-order valence-electron chi connectivity index (χ1n) is 15.0. The van der Waals surface area contributed by atoms with E-state index in [0.717, 1.165) is 16.0 Å². The zero-order valence-electron chi connectivity index (χ0n) is 27.2. The van der Waals surface area contributed by atoms with Crippen LogP contribution in [0.3, 0.4) is 0 Å². The third-order valence-electron chi connectivity index (χ3n) is 7.62. The Morgan fingerprint density at radius 3 is 1.98 bits per heavy atom. The number of hydrogen-bond donors (Lipinski definition) is 1. The van der Waals surface area contributed by atoms with E-state index in [9.17, 15) is 24.3 Å². The second kappa shape index (κ2) is 14.0. The van der Waals surface area contributed by atoms with E-state index in [1.54, 1.807) is 71.6 Å². The number of hydrogen-bond acceptors (Lipinski definition) is 6. The number of ether oxygens (including phenoxy) is 2. The van der Waals surface area contributed by atoms with Crippen molar-refractivity contribution in [1.29, 1.82) is 0 Å². The Balaban J connectivity index is 2.24. The van der Waals surface area contributed by atoms with Crippen molar-refractivity contribution in [3.8, 4) is 0 Å². The zero-order valence-corrected chi connectivity index (χ0v) is 28.7. The molecular formula is C34H44Cl2N2O7. The Labute approximate surface area is 275 Å². The molecule has 3 rings (SSSR count). The van der Waals surface area contributed by atoms with Crippen molar-refractivity contribution in [2.24, 2.45) is 5.41 Å². The van der Waals surface area contributed by atoms with E-state index in [0.29, 0.717) is 16.5 Å². The summed E-state index contributed by atoms with van der Waals surface area (Å²) in [5.74, 6) is -1.90. The van der Waals surface area contributed by atoms with Gasteiger partial charge in [-0.05, 0) is 89.8 Å². The van der Waals surface area contributed by atoms with Gasteiger partial charge < -0.3 is 19.5 Å². The van der Waals surface area contributed by atoms with E-state index in [1.165, 1.54) is 0 Å². The molecule has 1 heterocycles. The monoisotopic (exact) mass is 662 g/mol. The normalized spacial score (nSPS) is 21.2. The number of carboxylic acid groups (broad SMARTS) is 1. The van der Waals surface area contributed by atoms with Crippen LogP contribution in [0.25, 0.3) is 0 Å². The van der Waals surface area contributed by atoms with Gasteiger partial charge in [-0.25, -0.2) is 14.5 Å². The molecule has 2 aromatic rings. The topological polar surface area (TPSA) is 113 Å². The van der Waals surface area contributed by atoms with E-state index in [2.05, 4.69) is 0 Å². The standard InChI is InChI=1S/C34H44Cl2N2O7/c1-9-25(20-37(30(42)44-32(2,3)4)31(43)45-33(5,6)7)38-28(21-13-15-23(35)16-14-21)26(22-11-10-12-24(36)17-22)18-34(8,29(38)41)19-27(39)40/h10-17,25-26,28H,9,18-20H2,1-8H3,(H,39,40)/t25?,26-,28-,34-/m1/s1. The van der Waals surface area contributed by atoms with Crippen LogP contribution in [0.1, 0.15) is 97.7 Å². The summed E-state index contributed by atoms with van der Waals surface area (Å²) in [6, 6.07) is 13.1. The Morgan fingerprint density at radius 2 is 1.51 bits per heavy atom. The molecule has 0 saturated carbocycles. The quantitative estimate of drug-likeness (QED) is 0.301. The van der Waals surface area contributed by atoms with Gasteiger partial charge in [0.1, 0.15) is 11.2 Å². The lowest BCUT2D eigenvalue weighted by Gasteiger charge is -2.52. The van der Waals surface area contributed by atoms with Crippen molar-refractivity contribution in [2.45, 2.75) is 104 Å². The van der Waals surface area contributed by atoms with E-state index < -0.39 is 65.1 Å². The second-order valence-corrected chi connectivity index (χ2v) is 14.7. The minimum Gasteiger partial charge on any atom is -0.481 e. The third-order valence-corrected chi connectivity index (χ3v) is 8.10. The Morgan fingerprint density at radius 1 is 0.956 bits per heavy atom. The van der Waals surface area contributed by atoms with Crippen LogP contribution in [-0.4, -0.2) is 62.8 Å². The summed E-state index contributed by atoms with van der Waals surface area (Å²) in [6.07, 6.45) is -1.70. The maximum Gasteiger partial charge on any atom is 0.419 e. The van der Waals surface area contributed by atoms with Gasteiger partial charge in [0.2, 0.25) is 5.91 Å². The lowest BCUT2D eigenvalue weighted by Crippen LogP contribution is -2.59. The minimum absolute atomic E-state index is 0.223. The molecule has 0 aromatic heterocycles. The number of nitrogens with zero attached hydrogens (tertiary/aromatic N) is 2. The maximum absolute atomic E-state index is 14.6. The molecule has 2 aromatic carbocycles. The number of piperidine rings is 1. The highest BCUT2D eigenvalue weighted by Crippen LogP contribution is 2.52. The molecule has 45 heavy (non-hydrogen) atoms. The van der Waals surface area contributed by atoms with Crippen molar-refractivity contribution in [1.82, 2.24) is 9.80 Å². The first kappa shape index (κ1) is 36.2. The average Bonchev–Trinajstić information content (AvgIpc) is 2.89. The highest BCUT2D eigenvalue weighted by molar-refractivity contribution is 6.30. The number of imide groups is 1. The summed E-state index contributed by atoms with van der Waals surface area (Å²) in [6.45, 7) is 13.4. The van der Waals surface area contributed by atoms with Crippen molar-refractivity contribution in [3.05, 3.63) is 69.7 Å². The van der Waals surface area contributed by atoms with Crippen molar-refractivity contribution in [3.63, 3.8) is 0 Å². The number of carbonyl (C=O) groups is 4. The van der Waals surface area contributed by atoms with E-state index in [1.807, 2.05) is 37.3 Å². The first-order valence-corrected chi connectivity index (χ1v) is 15.8. The van der Waals surface area contributed by atoms with Crippen LogP contribution in [0.15, 0.2) is 48.5 Å². The van der Waals surface area contributed by atoms with Crippen LogP contribution in [0, 0.1) is 5.41 Å². The van der Waals surface area contributed by atoms with Gasteiger partial charge in [-0.15, -0.1) is 0 Å². The molecule has 9 nitrogen and oxygen atoms in total. The number of carboxylic acids is 1. The molecule has 1 aliphatic rings. The molecule has 246 valence electrons. The molecule has 0 aliphatic carbocycles. The summed E-state index contributed by atoms with van der Waals surface area (Å²) in [7, 11) is 0. The molecule has 3 amide bonds. The number of carbonyl (C=O) groups excluding carboxylic acids is 3. The Kier molecular flexibility index (Phi) is 11.2. The fourth-order valence-electron chi connectivity index (χ4n) is 5.76. The van der Waals surface area contributed by atoms with Gasteiger partial charge in [-0.3, -0.25) is 9.59 Å². The number of benzene rings is 2. The van der Waals surface area contributed by atoms with Crippen LogP contribution >= 0.6 is 23.2 Å². The maximum atomic E-state index is 14.6. The second-order valence-electron chi connectivity index (χ2n) is 13.8. The molecule has 1 fully saturated rings.